The maximum absolute atomic E-state index is 11.3. The molecule has 2 N–H and O–H groups in total. The Hall–Kier alpha value is -1.76. The van der Waals surface area contributed by atoms with Crippen molar-refractivity contribution in [1.82, 2.24) is 9.97 Å². The average Bonchev–Trinajstić information content (AvgIpc) is 2.16. The van der Waals surface area contributed by atoms with Crippen molar-refractivity contribution in [2.45, 2.75) is 32.7 Å². The number of aromatic amines is 1. The third-order valence-electron chi connectivity index (χ3n) is 1.92. The first-order valence-electron chi connectivity index (χ1n) is 4.87. The molecule has 0 aliphatic rings. The lowest BCUT2D eigenvalue weighted by molar-refractivity contribution is 0.765. The predicted molar refractivity (Wildman–Crippen MR) is 60.9 cm³/mol. The summed E-state index contributed by atoms with van der Waals surface area (Å²) in [5.41, 5.74) is -0.166. The molecule has 0 radical (unpaired) electrons. The van der Waals surface area contributed by atoms with Crippen LogP contribution < -0.4 is 10.9 Å². The molecule has 0 spiro atoms. The summed E-state index contributed by atoms with van der Waals surface area (Å²) >= 11 is 0. The first-order valence-corrected chi connectivity index (χ1v) is 4.87. The van der Waals surface area contributed by atoms with Crippen molar-refractivity contribution in [2.75, 3.05) is 5.32 Å². The number of hydrogen-bond donors (Lipinski definition) is 2. The van der Waals surface area contributed by atoms with Gasteiger partial charge in [-0.05, 0) is 6.92 Å². The second-order valence-corrected chi connectivity index (χ2v) is 3.70. The van der Waals surface area contributed by atoms with E-state index in [4.69, 9.17) is 6.42 Å². The van der Waals surface area contributed by atoms with Crippen LogP contribution in [0.25, 0.3) is 0 Å². The summed E-state index contributed by atoms with van der Waals surface area (Å²) in [7, 11) is 0. The van der Waals surface area contributed by atoms with Crippen molar-refractivity contribution in [3.05, 3.63) is 22.2 Å². The summed E-state index contributed by atoms with van der Waals surface area (Å²) in [6.07, 6.45) is 5.23. The first kappa shape index (κ1) is 11.3. The van der Waals surface area contributed by atoms with Gasteiger partial charge in [0.25, 0.3) is 5.56 Å². The lowest BCUT2D eigenvalue weighted by atomic mass is 10.2. The zero-order valence-electron chi connectivity index (χ0n) is 9.16. The molecule has 0 amide bonds. The van der Waals surface area contributed by atoms with Gasteiger partial charge in [-0.3, -0.25) is 4.79 Å². The van der Waals surface area contributed by atoms with Gasteiger partial charge < -0.3 is 10.3 Å². The molecule has 4 nitrogen and oxygen atoms in total. The van der Waals surface area contributed by atoms with Crippen LogP contribution in [0.2, 0.25) is 0 Å². The standard InChI is InChI=1S/C11H15N3O/c1-5-8(4)12-9-6-10(15)14-11(13-9)7(2)3/h1,6-8H,2-4H3,(H2,12,13,14,15). The van der Waals surface area contributed by atoms with Gasteiger partial charge in [0.05, 0.1) is 6.04 Å². The second-order valence-electron chi connectivity index (χ2n) is 3.70. The van der Waals surface area contributed by atoms with Gasteiger partial charge in [-0.1, -0.05) is 19.8 Å². The van der Waals surface area contributed by atoms with Crippen LogP contribution in [0, 0.1) is 12.3 Å². The maximum Gasteiger partial charge on any atom is 0.252 e. The molecule has 0 saturated heterocycles. The summed E-state index contributed by atoms with van der Waals surface area (Å²) in [6.45, 7) is 5.76. The Kier molecular flexibility index (Phi) is 3.51. The highest BCUT2D eigenvalue weighted by molar-refractivity contribution is 5.36. The normalized spacial score (nSPS) is 12.2. The number of terminal acetylenes is 1. The van der Waals surface area contributed by atoms with Crippen LogP contribution in [0.15, 0.2) is 10.9 Å². The fraction of sp³-hybridized carbons (Fsp3) is 0.455. The van der Waals surface area contributed by atoms with Gasteiger partial charge in [-0.2, -0.15) is 0 Å². The fourth-order valence-electron chi connectivity index (χ4n) is 1.09. The van der Waals surface area contributed by atoms with Crippen LogP contribution in [0.4, 0.5) is 5.82 Å². The van der Waals surface area contributed by atoms with Crippen LogP contribution in [-0.2, 0) is 0 Å². The highest BCUT2D eigenvalue weighted by atomic mass is 16.1. The molecule has 0 saturated carbocycles. The largest absolute Gasteiger partial charge is 0.356 e. The Morgan fingerprint density at radius 1 is 1.53 bits per heavy atom. The molecule has 4 heteroatoms. The van der Waals surface area contributed by atoms with Crippen molar-refractivity contribution in [1.29, 1.82) is 0 Å². The average molecular weight is 205 g/mol. The number of aromatic nitrogens is 2. The zero-order valence-corrected chi connectivity index (χ0v) is 9.16. The summed E-state index contributed by atoms with van der Waals surface area (Å²) in [5.74, 6) is 3.88. The summed E-state index contributed by atoms with van der Waals surface area (Å²) in [5, 5.41) is 2.96. The van der Waals surface area contributed by atoms with Crippen LogP contribution in [0.3, 0.4) is 0 Å². The van der Waals surface area contributed by atoms with Gasteiger partial charge in [-0.15, -0.1) is 6.42 Å². The quantitative estimate of drug-likeness (QED) is 0.732. The molecule has 1 aromatic heterocycles. The summed E-state index contributed by atoms with van der Waals surface area (Å²) < 4.78 is 0. The number of hydrogen-bond acceptors (Lipinski definition) is 3. The number of nitrogens with zero attached hydrogens (tertiary/aromatic N) is 1. The van der Waals surface area contributed by atoms with Crippen LogP contribution >= 0.6 is 0 Å². The molecule has 0 fully saturated rings. The van der Waals surface area contributed by atoms with E-state index in [1.54, 1.807) is 0 Å². The minimum Gasteiger partial charge on any atom is -0.356 e. The van der Waals surface area contributed by atoms with E-state index in [0.29, 0.717) is 11.6 Å². The Bertz CT molecular complexity index is 428. The lowest BCUT2D eigenvalue weighted by Crippen LogP contribution is -2.18. The lowest BCUT2D eigenvalue weighted by Gasteiger charge is -2.10. The highest BCUT2D eigenvalue weighted by Gasteiger charge is 2.06. The van der Waals surface area contributed by atoms with Gasteiger partial charge in [0.2, 0.25) is 0 Å². The number of nitrogens with one attached hydrogen (secondary N) is 2. The fourth-order valence-corrected chi connectivity index (χ4v) is 1.09. The van der Waals surface area contributed by atoms with Gasteiger partial charge >= 0.3 is 0 Å². The molecule has 80 valence electrons. The van der Waals surface area contributed by atoms with Gasteiger partial charge in [-0.25, -0.2) is 4.98 Å². The molecule has 0 bridgehead atoms. The first-order chi connectivity index (χ1) is 7.02. The third-order valence-corrected chi connectivity index (χ3v) is 1.92. The minimum absolute atomic E-state index is 0.140. The summed E-state index contributed by atoms with van der Waals surface area (Å²) in [4.78, 5) is 18.2. The molecule has 1 rings (SSSR count). The van der Waals surface area contributed by atoms with E-state index >= 15 is 0 Å². The maximum atomic E-state index is 11.3. The summed E-state index contributed by atoms with van der Waals surface area (Å²) in [6, 6.07) is 1.26. The molecule has 0 aliphatic heterocycles. The molecular formula is C11H15N3O. The van der Waals surface area contributed by atoms with E-state index in [1.807, 2.05) is 20.8 Å². The van der Waals surface area contributed by atoms with E-state index in [-0.39, 0.29) is 17.5 Å². The van der Waals surface area contributed by atoms with Crippen molar-refractivity contribution in [2.24, 2.45) is 0 Å². The van der Waals surface area contributed by atoms with Gasteiger partial charge in [0, 0.05) is 12.0 Å². The molecule has 1 heterocycles. The van der Waals surface area contributed by atoms with Crippen molar-refractivity contribution in [3.8, 4) is 12.3 Å². The zero-order chi connectivity index (χ0) is 11.4. The molecular weight excluding hydrogens is 190 g/mol. The number of anilines is 1. The molecule has 1 unspecified atom stereocenters. The number of H-pyrrole nitrogens is 1. The Morgan fingerprint density at radius 3 is 2.73 bits per heavy atom. The highest BCUT2D eigenvalue weighted by Crippen LogP contribution is 2.09. The van der Waals surface area contributed by atoms with Crippen molar-refractivity contribution in [3.63, 3.8) is 0 Å². The van der Waals surface area contributed by atoms with Crippen LogP contribution in [0.5, 0.6) is 0 Å². The predicted octanol–water partition coefficient (Wildman–Crippen LogP) is 1.33. The monoisotopic (exact) mass is 205 g/mol. The molecule has 1 atom stereocenters. The number of rotatable bonds is 3. The van der Waals surface area contributed by atoms with Crippen LogP contribution in [0.1, 0.15) is 32.5 Å². The second kappa shape index (κ2) is 4.65. The van der Waals surface area contributed by atoms with Gasteiger partial charge in [0.15, 0.2) is 0 Å². The third kappa shape index (κ3) is 3.13. The topological polar surface area (TPSA) is 57.8 Å². The van der Waals surface area contributed by atoms with Gasteiger partial charge in [0.1, 0.15) is 11.6 Å². The smallest absolute Gasteiger partial charge is 0.252 e. The van der Waals surface area contributed by atoms with E-state index in [2.05, 4.69) is 21.2 Å². The SMILES string of the molecule is C#CC(C)Nc1cc(=O)[nH]c(C(C)C)n1. The Balaban J connectivity index is 3.00. The van der Waals surface area contributed by atoms with E-state index in [1.165, 1.54) is 6.07 Å². The minimum atomic E-state index is -0.166. The van der Waals surface area contributed by atoms with Crippen LogP contribution in [-0.4, -0.2) is 16.0 Å². The molecule has 1 aromatic rings. The van der Waals surface area contributed by atoms with E-state index in [9.17, 15) is 4.79 Å². The van der Waals surface area contributed by atoms with Crippen molar-refractivity contribution >= 4 is 5.82 Å². The van der Waals surface area contributed by atoms with Crippen molar-refractivity contribution < 1.29 is 0 Å². The molecule has 15 heavy (non-hydrogen) atoms. The molecule has 0 aromatic carbocycles. The molecule has 0 aliphatic carbocycles. The Morgan fingerprint density at radius 2 is 2.20 bits per heavy atom. The Labute approximate surface area is 89.1 Å². The van der Waals surface area contributed by atoms with E-state index < -0.39 is 0 Å². The van der Waals surface area contributed by atoms with E-state index in [0.717, 1.165) is 0 Å².